The molecule has 0 spiro atoms. The zero-order valence-corrected chi connectivity index (χ0v) is 12.1. The van der Waals surface area contributed by atoms with Crippen molar-refractivity contribution in [1.82, 2.24) is 0 Å². The molecule has 0 bridgehead atoms. The number of sulfonamides is 1. The van der Waals surface area contributed by atoms with Gasteiger partial charge in [-0.25, -0.2) is 8.42 Å². The zero-order chi connectivity index (χ0) is 13.6. The summed E-state index contributed by atoms with van der Waals surface area (Å²) in [5.74, 6) is 0.860. The van der Waals surface area contributed by atoms with E-state index in [1.54, 1.807) is 24.3 Å². The van der Waals surface area contributed by atoms with Gasteiger partial charge in [-0.15, -0.1) is 11.6 Å². The van der Waals surface area contributed by atoms with Gasteiger partial charge in [0.1, 0.15) is 5.75 Å². The van der Waals surface area contributed by atoms with E-state index in [1.165, 1.54) is 0 Å². The van der Waals surface area contributed by atoms with Gasteiger partial charge in [0.15, 0.2) is 0 Å². The van der Waals surface area contributed by atoms with Crippen molar-refractivity contribution in [2.45, 2.75) is 26.4 Å². The average Bonchev–Trinajstić information content (AvgIpc) is 2.28. The van der Waals surface area contributed by atoms with Crippen LogP contribution in [0.25, 0.3) is 0 Å². The summed E-state index contributed by atoms with van der Waals surface area (Å²) in [5, 5.41) is 0. The van der Waals surface area contributed by atoms with Gasteiger partial charge in [-0.3, -0.25) is 4.72 Å². The smallest absolute Gasteiger partial charge is 0.232 e. The van der Waals surface area contributed by atoms with E-state index in [1.807, 2.05) is 13.8 Å². The Bertz CT molecular complexity index is 474. The van der Waals surface area contributed by atoms with Crippen molar-refractivity contribution in [3.05, 3.63) is 24.3 Å². The summed E-state index contributed by atoms with van der Waals surface area (Å²) in [6.45, 7) is 3.78. The molecule has 0 radical (unpaired) electrons. The third kappa shape index (κ3) is 5.14. The molecule has 0 fully saturated rings. The second-order valence-corrected chi connectivity index (χ2v) is 6.35. The largest absolute Gasteiger partial charge is 0.489 e. The predicted molar refractivity (Wildman–Crippen MR) is 75.0 cm³/mol. The maximum atomic E-state index is 11.8. The summed E-state index contributed by atoms with van der Waals surface area (Å²) >= 11 is 5.49. The van der Waals surface area contributed by atoms with E-state index in [0.717, 1.165) is 0 Å². The van der Waals surface area contributed by atoms with Crippen molar-refractivity contribution in [3.63, 3.8) is 0 Å². The van der Waals surface area contributed by atoms with Crippen LogP contribution < -0.4 is 9.46 Å². The van der Waals surface area contributed by atoms with E-state index >= 15 is 0 Å². The Balaban J connectivity index is 2.83. The summed E-state index contributed by atoms with van der Waals surface area (Å²) < 4.78 is 31.6. The first-order chi connectivity index (χ1) is 8.44. The summed E-state index contributed by atoms with van der Waals surface area (Å²) in [6.07, 6.45) is 0.405. The van der Waals surface area contributed by atoms with Crippen LogP contribution in [-0.4, -0.2) is 26.2 Å². The van der Waals surface area contributed by atoms with Gasteiger partial charge in [-0.05, 0) is 32.4 Å². The summed E-state index contributed by atoms with van der Waals surface area (Å²) in [4.78, 5) is 0. The third-order valence-corrected chi connectivity index (χ3v) is 3.69. The van der Waals surface area contributed by atoms with Gasteiger partial charge < -0.3 is 4.74 Å². The lowest BCUT2D eigenvalue weighted by atomic mass is 10.3. The highest BCUT2D eigenvalue weighted by molar-refractivity contribution is 7.92. The second kappa shape index (κ2) is 6.85. The summed E-state index contributed by atoms with van der Waals surface area (Å²) in [7, 11) is -3.37. The maximum Gasteiger partial charge on any atom is 0.232 e. The highest BCUT2D eigenvalue weighted by Gasteiger charge is 2.13. The molecule has 1 aromatic carbocycles. The molecule has 6 heteroatoms. The number of hydrogen-bond acceptors (Lipinski definition) is 3. The van der Waals surface area contributed by atoms with Crippen molar-refractivity contribution in [2.75, 3.05) is 16.4 Å². The number of benzene rings is 1. The fourth-order valence-electron chi connectivity index (χ4n) is 1.37. The van der Waals surface area contributed by atoms with Gasteiger partial charge in [0, 0.05) is 5.88 Å². The number of anilines is 1. The number of rotatable bonds is 7. The topological polar surface area (TPSA) is 55.4 Å². The van der Waals surface area contributed by atoms with E-state index in [0.29, 0.717) is 23.7 Å². The first kappa shape index (κ1) is 15.1. The molecule has 0 aliphatic heterocycles. The Morgan fingerprint density at radius 1 is 1.33 bits per heavy atom. The Kier molecular flexibility index (Phi) is 5.75. The Morgan fingerprint density at radius 3 is 2.61 bits per heavy atom. The van der Waals surface area contributed by atoms with E-state index < -0.39 is 10.0 Å². The zero-order valence-electron chi connectivity index (χ0n) is 10.5. The summed E-state index contributed by atoms with van der Waals surface area (Å²) in [6, 6.07) is 6.97. The SMILES string of the molecule is CC(C)Oc1ccccc1NS(=O)(=O)CCCCl. The molecule has 0 saturated heterocycles. The fourth-order valence-corrected chi connectivity index (χ4v) is 2.79. The molecule has 0 saturated carbocycles. The van der Waals surface area contributed by atoms with Gasteiger partial charge in [-0.2, -0.15) is 0 Å². The van der Waals surface area contributed by atoms with Crippen LogP contribution in [0.4, 0.5) is 5.69 Å². The van der Waals surface area contributed by atoms with Crippen LogP contribution in [0.3, 0.4) is 0 Å². The van der Waals surface area contributed by atoms with Crippen LogP contribution in [0.1, 0.15) is 20.3 Å². The van der Waals surface area contributed by atoms with E-state index in [2.05, 4.69) is 4.72 Å². The van der Waals surface area contributed by atoms with Crippen molar-refractivity contribution in [1.29, 1.82) is 0 Å². The van der Waals surface area contributed by atoms with Crippen LogP contribution in [0.2, 0.25) is 0 Å². The first-order valence-corrected chi connectivity index (χ1v) is 7.95. The van der Waals surface area contributed by atoms with Crippen LogP contribution in [0.15, 0.2) is 24.3 Å². The van der Waals surface area contributed by atoms with Crippen LogP contribution in [0.5, 0.6) is 5.75 Å². The van der Waals surface area contributed by atoms with Gasteiger partial charge >= 0.3 is 0 Å². The molecular weight excluding hydrogens is 274 g/mol. The van der Waals surface area contributed by atoms with Crippen molar-refractivity contribution in [3.8, 4) is 5.75 Å². The number of nitrogens with one attached hydrogen (secondary N) is 1. The summed E-state index contributed by atoms with van der Waals surface area (Å²) in [5.41, 5.74) is 0.459. The standard InChI is InChI=1S/C12H18ClNO3S/c1-10(2)17-12-7-4-3-6-11(12)14-18(15,16)9-5-8-13/h3-4,6-7,10,14H,5,8-9H2,1-2H3. The van der Waals surface area contributed by atoms with Gasteiger partial charge in [0.2, 0.25) is 10.0 Å². The predicted octanol–water partition coefficient (Wildman–Crippen LogP) is 2.84. The van der Waals surface area contributed by atoms with E-state index in [-0.39, 0.29) is 11.9 Å². The van der Waals surface area contributed by atoms with Gasteiger partial charge in [0.05, 0.1) is 17.5 Å². The highest BCUT2D eigenvalue weighted by Crippen LogP contribution is 2.25. The molecule has 4 nitrogen and oxygen atoms in total. The Hall–Kier alpha value is -0.940. The van der Waals surface area contributed by atoms with Crippen molar-refractivity contribution < 1.29 is 13.2 Å². The van der Waals surface area contributed by atoms with Crippen LogP contribution >= 0.6 is 11.6 Å². The molecule has 0 heterocycles. The normalized spacial score (nSPS) is 11.6. The Morgan fingerprint density at radius 2 is 2.00 bits per heavy atom. The molecule has 102 valence electrons. The Labute approximate surface area is 113 Å². The van der Waals surface area contributed by atoms with E-state index in [9.17, 15) is 8.42 Å². The monoisotopic (exact) mass is 291 g/mol. The average molecular weight is 292 g/mol. The molecule has 0 amide bonds. The molecule has 0 atom stereocenters. The molecule has 0 aromatic heterocycles. The number of ether oxygens (including phenoxy) is 1. The first-order valence-electron chi connectivity index (χ1n) is 5.77. The highest BCUT2D eigenvalue weighted by atomic mass is 35.5. The number of para-hydroxylation sites is 2. The molecular formula is C12H18ClNO3S. The van der Waals surface area contributed by atoms with Crippen molar-refractivity contribution >= 4 is 27.3 Å². The maximum absolute atomic E-state index is 11.8. The molecule has 0 aliphatic carbocycles. The van der Waals surface area contributed by atoms with Crippen molar-refractivity contribution in [2.24, 2.45) is 0 Å². The quantitative estimate of drug-likeness (QED) is 0.786. The number of halogens is 1. The number of hydrogen-bond donors (Lipinski definition) is 1. The molecule has 1 rings (SSSR count). The minimum atomic E-state index is -3.37. The van der Waals surface area contributed by atoms with E-state index in [4.69, 9.17) is 16.3 Å². The van der Waals surface area contributed by atoms with Crippen LogP contribution in [0, 0.1) is 0 Å². The minimum absolute atomic E-state index is 0.00646. The fraction of sp³-hybridized carbons (Fsp3) is 0.500. The molecule has 18 heavy (non-hydrogen) atoms. The second-order valence-electron chi connectivity index (χ2n) is 4.13. The van der Waals surface area contributed by atoms with Crippen LogP contribution in [-0.2, 0) is 10.0 Å². The number of alkyl halides is 1. The lowest BCUT2D eigenvalue weighted by Gasteiger charge is -2.15. The van der Waals surface area contributed by atoms with Gasteiger partial charge in [0.25, 0.3) is 0 Å². The lowest BCUT2D eigenvalue weighted by molar-refractivity contribution is 0.244. The molecule has 0 unspecified atom stereocenters. The molecule has 1 aromatic rings. The molecule has 0 aliphatic rings. The third-order valence-electron chi connectivity index (χ3n) is 2.06. The minimum Gasteiger partial charge on any atom is -0.489 e. The lowest BCUT2D eigenvalue weighted by Crippen LogP contribution is -2.18. The molecule has 1 N–H and O–H groups in total. The van der Waals surface area contributed by atoms with Gasteiger partial charge in [-0.1, -0.05) is 12.1 Å².